The largest absolute Gasteiger partial charge is 0.370 e. The van der Waals surface area contributed by atoms with Gasteiger partial charge in [0.2, 0.25) is 5.91 Å². The van der Waals surface area contributed by atoms with Crippen molar-refractivity contribution in [2.75, 3.05) is 0 Å². The Balaban J connectivity index is 2.29. The average Bonchev–Trinajstić information content (AvgIpc) is 2.35. The van der Waals surface area contributed by atoms with E-state index in [0.29, 0.717) is 6.42 Å². The molecule has 0 aliphatic heterocycles. The van der Waals surface area contributed by atoms with E-state index in [1.165, 1.54) is 0 Å². The van der Waals surface area contributed by atoms with Crippen molar-refractivity contribution >= 4 is 17.2 Å². The molecule has 0 bridgehead atoms. The molecule has 0 spiro atoms. The smallest absolute Gasteiger partial charge is 0.217 e. The van der Waals surface area contributed by atoms with Crippen LogP contribution in [0.4, 0.5) is 0 Å². The standard InChI is InChI=1S/C8H12N2OS/c1-6-5-12-8(10-6)4-2-3-7(9)11/h5H,2-4H2,1H3,(H2,9,11). The third-order valence-corrected chi connectivity index (χ3v) is 2.51. The fourth-order valence-corrected chi connectivity index (χ4v) is 1.75. The lowest BCUT2D eigenvalue weighted by atomic mass is 10.2. The van der Waals surface area contributed by atoms with Crippen LogP contribution in [-0.2, 0) is 11.2 Å². The Hall–Kier alpha value is -0.900. The van der Waals surface area contributed by atoms with Crippen molar-refractivity contribution in [2.45, 2.75) is 26.2 Å². The van der Waals surface area contributed by atoms with E-state index in [9.17, 15) is 4.79 Å². The van der Waals surface area contributed by atoms with Crippen LogP contribution in [0, 0.1) is 6.92 Å². The van der Waals surface area contributed by atoms with Crippen molar-refractivity contribution in [1.29, 1.82) is 0 Å². The van der Waals surface area contributed by atoms with Gasteiger partial charge in [0, 0.05) is 17.5 Å². The first-order valence-corrected chi connectivity index (χ1v) is 4.76. The third kappa shape index (κ3) is 3.00. The van der Waals surface area contributed by atoms with Crippen molar-refractivity contribution < 1.29 is 4.79 Å². The van der Waals surface area contributed by atoms with E-state index in [4.69, 9.17) is 5.73 Å². The van der Waals surface area contributed by atoms with E-state index in [1.54, 1.807) is 11.3 Å². The number of carbonyl (C=O) groups is 1. The first-order chi connectivity index (χ1) is 5.68. The summed E-state index contributed by atoms with van der Waals surface area (Å²) in [5.41, 5.74) is 6.06. The monoisotopic (exact) mass is 184 g/mol. The molecule has 1 heterocycles. The van der Waals surface area contributed by atoms with Gasteiger partial charge in [0.25, 0.3) is 0 Å². The number of primary amides is 1. The highest BCUT2D eigenvalue weighted by molar-refractivity contribution is 7.09. The Kier molecular flexibility index (Phi) is 3.22. The van der Waals surface area contributed by atoms with Gasteiger partial charge in [-0.05, 0) is 19.8 Å². The van der Waals surface area contributed by atoms with Crippen LogP contribution >= 0.6 is 11.3 Å². The maximum Gasteiger partial charge on any atom is 0.217 e. The topological polar surface area (TPSA) is 56.0 Å². The highest BCUT2D eigenvalue weighted by atomic mass is 32.1. The lowest BCUT2D eigenvalue weighted by Crippen LogP contribution is -2.10. The van der Waals surface area contributed by atoms with Gasteiger partial charge in [-0.2, -0.15) is 0 Å². The summed E-state index contributed by atoms with van der Waals surface area (Å²) in [7, 11) is 0. The molecule has 66 valence electrons. The Bertz CT molecular complexity index is 270. The fourth-order valence-electron chi connectivity index (χ4n) is 0.931. The molecule has 1 aromatic heterocycles. The Morgan fingerprint density at radius 3 is 3.00 bits per heavy atom. The summed E-state index contributed by atoms with van der Waals surface area (Å²) < 4.78 is 0. The fraction of sp³-hybridized carbons (Fsp3) is 0.500. The number of nitrogens with two attached hydrogens (primary N) is 1. The van der Waals surface area contributed by atoms with E-state index in [2.05, 4.69) is 4.98 Å². The molecule has 1 amide bonds. The Morgan fingerprint density at radius 1 is 1.75 bits per heavy atom. The van der Waals surface area contributed by atoms with Gasteiger partial charge in [-0.15, -0.1) is 11.3 Å². The zero-order valence-electron chi connectivity index (χ0n) is 7.04. The minimum atomic E-state index is -0.233. The zero-order chi connectivity index (χ0) is 8.97. The van der Waals surface area contributed by atoms with E-state index >= 15 is 0 Å². The van der Waals surface area contributed by atoms with Crippen molar-refractivity contribution in [2.24, 2.45) is 5.73 Å². The molecular weight excluding hydrogens is 172 g/mol. The number of hydrogen-bond acceptors (Lipinski definition) is 3. The molecule has 2 N–H and O–H groups in total. The maximum atomic E-state index is 10.4. The van der Waals surface area contributed by atoms with Crippen LogP contribution in [0.1, 0.15) is 23.5 Å². The summed E-state index contributed by atoms with van der Waals surface area (Å²) in [4.78, 5) is 14.7. The van der Waals surface area contributed by atoms with Gasteiger partial charge in [-0.3, -0.25) is 4.79 Å². The van der Waals surface area contributed by atoms with Crippen molar-refractivity contribution in [3.8, 4) is 0 Å². The molecule has 4 heteroatoms. The normalized spacial score (nSPS) is 10.1. The molecule has 0 aromatic carbocycles. The maximum absolute atomic E-state index is 10.4. The molecule has 1 aromatic rings. The number of aromatic nitrogens is 1. The van der Waals surface area contributed by atoms with Gasteiger partial charge in [0.1, 0.15) is 0 Å². The van der Waals surface area contributed by atoms with Gasteiger partial charge in [0.15, 0.2) is 0 Å². The number of hydrogen-bond donors (Lipinski definition) is 1. The minimum Gasteiger partial charge on any atom is -0.370 e. The lowest BCUT2D eigenvalue weighted by Gasteiger charge is -1.92. The SMILES string of the molecule is Cc1csc(CCCC(N)=O)n1. The summed E-state index contributed by atoms with van der Waals surface area (Å²) >= 11 is 1.64. The van der Waals surface area contributed by atoms with Crippen LogP contribution in [0.3, 0.4) is 0 Å². The van der Waals surface area contributed by atoms with Crippen molar-refractivity contribution in [3.05, 3.63) is 16.1 Å². The summed E-state index contributed by atoms with van der Waals surface area (Å²) in [5, 5.41) is 3.10. The van der Waals surface area contributed by atoms with Crippen LogP contribution in [0.5, 0.6) is 0 Å². The van der Waals surface area contributed by atoms with Gasteiger partial charge in [-0.25, -0.2) is 4.98 Å². The molecule has 12 heavy (non-hydrogen) atoms. The van der Waals surface area contributed by atoms with Gasteiger partial charge >= 0.3 is 0 Å². The molecule has 0 atom stereocenters. The number of rotatable bonds is 4. The number of aryl methyl sites for hydroxylation is 2. The van der Waals surface area contributed by atoms with E-state index in [-0.39, 0.29) is 5.91 Å². The Labute approximate surface area is 75.6 Å². The van der Waals surface area contributed by atoms with E-state index < -0.39 is 0 Å². The van der Waals surface area contributed by atoms with Crippen LogP contribution < -0.4 is 5.73 Å². The number of carbonyl (C=O) groups excluding carboxylic acids is 1. The number of nitrogens with zero attached hydrogens (tertiary/aromatic N) is 1. The molecule has 0 saturated carbocycles. The summed E-state index contributed by atoms with van der Waals surface area (Å²) in [6, 6.07) is 0. The first kappa shape index (κ1) is 9.19. The molecule has 0 saturated heterocycles. The summed E-state index contributed by atoms with van der Waals surface area (Å²) in [5.74, 6) is -0.233. The molecule has 3 nitrogen and oxygen atoms in total. The molecule has 0 radical (unpaired) electrons. The van der Waals surface area contributed by atoms with E-state index in [0.717, 1.165) is 23.5 Å². The predicted molar refractivity (Wildman–Crippen MR) is 49.0 cm³/mol. The van der Waals surface area contributed by atoms with Gasteiger partial charge in [0.05, 0.1) is 5.01 Å². The molecule has 1 rings (SSSR count). The van der Waals surface area contributed by atoms with Crippen molar-refractivity contribution in [3.63, 3.8) is 0 Å². The lowest BCUT2D eigenvalue weighted by molar-refractivity contribution is -0.118. The summed E-state index contributed by atoms with van der Waals surface area (Å²) in [6.45, 7) is 1.97. The van der Waals surface area contributed by atoms with Crippen LogP contribution in [-0.4, -0.2) is 10.9 Å². The second-order valence-electron chi connectivity index (χ2n) is 2.70. The molecular formula is C8H12N2OS. The van der Waals surface area contributed by atoms with Gasteiger partial charge in [-0.1, -0.05) is 0 Å². The molecule has 0 aliphatic rings. The molecule has 0 unspecified atom stereocenters. The minimum absolute atomic E-state index is 0.233. The zero-order valence-corrected chi connectivity index (χ0v) is 7.86. The second-order valence-corrected chi connectivity index (χ2v) is 3.65. The average molecular weight is 184 g/mol. The number of thiazole rings is 1. The van der Waals surface area contributed by atoms with E-state index in [1.807, 2.05) is 12.3 Å². The third-order valence-electron chi connectivity index (χ3n) is 1.48. The van der Waals surface area contributed by atoms with Crippen LogP contribution in [0.25, 0.3) is 0 Å². The highest BCUT2D eigenvalue weighted by Crippen LogP contribution is 2.11. The quantitative estimate of drug-likeness (QED) is 0.765. The first-order valence-electron chi connectivity index (χ1n) is 3.88. The second kappa shape index (κ2) is 4.21. The molecule has 0 aliphatic carbocycles. The van der Waals surface area contributed by atoms with Crippen LogP contribution in [0.15, 0.2) is 5.38 Å². The number of amides is 1. The van der Waals surface area contributed by atoms with Crippen LogP contribution in [0.2, 0.25) is 0 Å². The Morgan fingerprint density at radius 2 is 2.50 bits per heavy atom. The van der Waals surface area contributed by atoms with Crippen molar-refractivity contribution in [1.82, 2.24) is 4.98 Å². The highest BCUT2D eigenvalue weighted by Gasteiger charge is 1.99. The summed E-state index contributed by atoms with van der Waals surface area (Å²) in [6.07, 6.45) is 2.13. The molecule has 0 fully saturated rings. The predicted octanol–water partition coefficient (Wildman–Crippen LogP) is 1.26. The van der Waals surface area contributed by atoms with Gasteiger partial charge < -0.3 is 5.73 Å².